The molecule has 0 bridgehead atoms. The van der Waals surface area contributed by atoms with Crippen LogP contribution in [-0.4, -0.2) is 26.9 Å². The molecule has 22 heavy (non-hydrogen) atoms. The van der Waals surface area contributed by atoms with Gasteiger partial charge in [-0.25, -0.2) is 4.39 Å². The van der Waals surface area contributed by atoms with Crippen LogP contribution in [0.3, 0.4) is 0 Å². The lowest BCUT2D eigenvalue weighted by molar-refractivity contribution is 0.242. The van der Waals surface area contributed by atoms with E-state index in [1.807, 2.05) is 12.1 Å². The lowest BCUT2D eigenvalue weighted by atomic mass is 9.99. The van der Waals surface area contributed by atoms with Crippen LogP contribution in [0, 0.1) is 5.82 Å². The Kier molecular flexibility index (Phi) is 3.90. The van der Waals surface area contributed by atoms with Crippen molar-refractivity contribution in [3.05, 3.63) is 41.7 Å². The highest BCUT2D eigenvalue weighted by Gasteiger charge is 2.27. The molecule has 0 radical (unpaired) electrons. The summed E-state index contributed by atoms with van der Waals surface area (Å²) >= 11 is 0. The van der Waals surface area contributed by atoms with Crippen LogP contribution in [0.5, 0.6) is 17.2 Å². The van der Waals surface area contributed by atoms with Crippen LogP contribution in [0.25, 0.3) is 11.1 Å². The quantitative estimate of drug-likeness (QED) is 0.943. The molecule has 5 heteroatoms. The van der Waals surface area contributed by atoms with E-state index in [9.17, 15) is 4.39 Å². The van der Waals surface area contributed by atoms with Crippen LogP contribution in [0.1, 0.15) is 5.56 Å². The van der Waals surface area contributed by atoms with Gasteiger partial charge in [0.1, 0.15) is 29.2 Å². The molecule has 2 aromatic rings. The second kappa shape index (κ2) is 5.85. The van der Waals surface area contributed by atoms with Crippen molar-refractivity contribution in [2.45, 2.75) is 12.5 Å². The molecule has 0 fully saturated rings. The molecule has 3 rings (SSSR count). The molecule has 116 valence electrons. The highest BCUT2D eigenvalue weighted by molar-refractivity contribution is 5.78. The van der Waals surface area contributed by atoms with E-state index in [0.717, 1.165) is 11.1 Å². The van der Waals surface area contributed by atoms with E-state index in [0.29, 0.717) is 35.8 Å². The fourth-order valence-electron chi connectivity index (χ4n) is 2.75. The molecule has 0 spiro atoms. The summed E-state index contributed by atoms with van der Waals surface area (Å²) in [5.74, 6) is 1.66. The molecule has 1 unspecified atom stereocenters. The van der Waals surface area contributed by atoms with Crippen LogP contribution in [0.2, 0.25) is 0 Å². The van der Waals surface area contributed by atoms with Gasteiger partial charge in [0.2, 0.25) is 0 Å². The molecule has 1 atom stereocenters. The van der Waals surface area contributed by atoms with Crippen molar-refractivity contribution in [2.75, 3.05) is 20.8 Å². The predicted molar refractivity (Wildman–Crippen MR) is 82.1 cm³/mol. The first-order chi connectivity index (χ1) is 10.7. The number of benzene rings is 2. The zero-order valence-electron chi connectivity index (χ0n) is 12.6. The first kappa shape index (κ1) is 14.7. The van der Waals surface area contributed by atoms with Gasteiger partial charge in [-0.3, -0.25) is 0 Å². The summed E-state index contributed by atoms with van der Waals surface area (Å²) in [5.41, 5.74) is 7.94. The van der Waals surface area contributed by atoms with Gasteiger partial charge in [-0.2, -0.15) is 0 Å². The Morgan fingerprint density at radius 3 is 2.68 bits per heavy atom. The Morgan fingerprint density at radius 1 is 1.18 bits per heavy atom. The predicted octanol–water partition coefficient (Wildman–Crippen LogP) is 2.77. The maximum Gasteiger partial charge on any atom is 0.131 e. The molecular formula is C17H18FNO3. The Balaban J connectivity index is 2.14. The Hall–Kier alpha value is -2.27. The third-order valence-corrected chi connectivity index (χ3v) is 3.82. The first-order valence-electron chi connectivity index (χ1n) is 7.07. The van der Waals surface area contributed by atoms with Crippen molar-refractivity contribution in [1.82, 2.24) is 0 Å². The molecule has 4 nitrogen and oxygen atoms in total. The van der Waals surface area contributed by atoms with E-state index in [2.05, 4.69) is 0 Å². The Bertz CT molecular complexity index is 703. The van der Waals surface area contributed by atoms with Gasteiger partial charge in [0.15, 0.2) is 0 Å². The van der Waals surface area contributed by atoms with Crippen molar-refractivity contribution in [1.29, 1.82) is 0 Å². The minimum absolute atomic E-state index is 0.111. The second-order valence-electron chi connectivity index (χ2n) is 5.19. The van der Waals surface area contributed by atoms with Crippen molar-refractivity contribution in [3.8, 4) is 28.4 Å². The van der Waals surface area contributed by atoms with Gasteiger partial charge in [-0.1, -0.05) is 0 Å². The van der Waals surface area contributed by atoms with Crippen molar-refractivity contribution >= 4 is 0 Å². The number of nitrogens with two attached hydrogens (primary N) is 1. The maximum atomic E-state index is 14.0. The van der Waals surface area contributed by atoms with Gasteiger partial charge in [-0.05, 0) is 24.3 Å². The van der Waals surface area contributed by atoms with E-state index in [1.165, 1.54) is 12.1 Å². The zero-order valence-corrected chi connectivity index (χ0v) is 12.6. The van der Waals surface area contributed by atoms with Gasteiger partial charge in [0, 0.05) is 35.7 Å². The topological polar surface area (TPSA) is 53.7 Å². The van der Waals surface area contributed by atoms with Gasteiger partial charge >= 0.3 is 0 Å². The zero-order chi connectivity index (χ0) is 15.7. The summed E-state index contributed by atoms with van der Waals surface area (Å²) in [6, 6.07) is 8.38. The van der Waals surface area contributed by atoms with Crippen LogP contribution in [-0.2, 0) is 6.42 Å². The molecule has 2 aromatic carbocycles. The molecule has 0 saturated carbocycles. The summed E-state index contributed by atoms with van der Waals surface area (Å²) in [4.78, 5) is 0. The standard InChI is InChI=1S/C17H18FNO3/c1-20-12-3-4-14(16(8-12)21-2)15-7-11(18)5-10-6-13(9-19)22-17(10)15/h3-5,7-8,13H,6,9,19H2,1-2H3. The lowest BCUT2D eigenvalue weighted by Crippen LogP contribution is -2.24. The molecule has 0 aliphatic carbocycles. The van der Waals surface area contributed by atoms with Crippen molar-refractivity contribution < 1.29 is 18.6 Å². The largest absolute Gasteiger partial charge is 0.497 e. The summed E-state index contributed by atoms with van der Waals surface area (Å²) in [6.45, 7) is 0.398. The van der Waals surface area contributed by atoms with Gasteiger partial charge in [0.25, 0.3) is 0 Å². The fraction of sp³-hybridized carbons (Fsp3) is 0.294. The summed E-state index contributed by atoms with van der Waals surface area (Å²) in [6.07, 6.45) is 0.509. The normalized spacial score (nSPS) is 16.1. The summed E-state index contributed by atoms with van der Waals surface area (Å²) in [7, 11) is 3.16. The smallest absolute Gasteiger partial charge is 0.131 e. The third kappa shape index (κ3) is 2.48. The van der Waals surface area contributed by atoms with Crippen LogP contribution in [0.15, 0.2) is 30.3 Å². The SMILES string of the molecule is COc1ccc(-c2cc(F)cc3c2OC(CN)C3)c(OC)c1. The number of ether oxygens (including phenoxy) is 3. The summed E-state index contributed by atoms with van der Waals surface area (Å²) < 4.78 is 30.5. The third-order valence-electron chi connectivity index (χ3n) is 3.82. The minimum Gasteiger partial charge on any atom is -0.497 e. The minimum atomic E-state index is -0.298. The molecular weight excluding hydrogens is 285 g/mol. The number of fused-ring (bicyclic) bond motifs is 1. The average molecular weight is 303 g/mol. The first-order valence-corrected chi connectivity index (χ1v) is 7.07. The molecule has 2 N–H and O–H groups in total. The van der Waals surface area contributed by atoms with E-state index < -0.39 is 0 Å². The lowest BCUT2D eigenvalue weighted by Gasteiger charge is -2.14. The molecule has 1 aliphatic heterocycles. The maximum absolute atomic E-state index is 14.0. The Morgan fingerprint density at radius 2 is 2.00 bits per heavy atom. The number of hydrogen-bond donors (Lipinski definition) is 1. The van der Waals surface area contributed by atoms with E-state index in [4.69, 9.17) is 19.9 Å². The average Bonchev–Trinajstić information content (AvgIpc) is 2.96. The van der Waals surface area contributed by atoms with E-state index >= 15 is 0 Å². The number of hydrogen-bond acceptors (Lipinski definition) is 4. The molecule has 0 aromatic heterocycles. The number of rotatable bonds is 4. The highest BCUT2D eigenvalue weighted by Crippen LogP contribution is 2.43. The molecule has 0 amide bonds. The highest BCUT2D eigenvalue weighted by atomic mass is 19.1. The molecule has 1 aliphatic rings. The van der Waals surface area contributed by atoms with Crippen LogP contribution in [0.4, 0.5) is 4.39 Å². The Labute approximate surface area is 128 Å². The monoisotopic (exact) mass is 303 g/mol. The van der Waals surface area contributed by atoms with Crippen molar-refractivity contribution in [3.63, 3.8) is 0 Å². The fourth-order valence-corrected chi connectivity index (χ4v) is 2.75. The van der Waals surface area contributed by atoms with Gasteiger partial charge in [-0.15, -0.1) is 0 Å². The second-order valence-corrected chi connectivity index (χ2v) is 5.19. The van der Waals surface area contributed by atoms with E-state index in [1.54, 1.807) is 20.3 Å². The van der Waals surface area contributed by atoms with E-state index in [-0.39, 0.29) is 11.9 Å². The number of methoxy groups -OCH3 is 2. The van der Waals surface area contributed by atoms with Crippen molar-refractivity contribution in [2.24, 2.45) is 5.73 Å². The van der Waals surface area contributed by atoms with Gasteiger partial charge in [0.05, 0.1) is 14.2 Å². The molecule has 0 saturated heterocycles. The van der Waals surface area contributed by atoms with Crippen LogP contribution >= 0.6 is 0 Å². The van der Waals surface area contributed by atoms with Gasteiger partial charge < -0.3 is 19.9 Å². The van der Waals surface area contributed by atoms with Crippen LogP contribution < -0.4 is 19.9 Å². The molecule has 1 heterocycles. The number of halogens is 1. The summed E-state index contributed by atoms with van der Waals surface area (Å²) in [5, 5.41) is 0.